The quantitative estimate of drug-likeness (QED) is 0.803. The van der Waals surface area contributed by atoms with Gasteiger partial charge >= 0.3 is 5.97 Å². The highest BCUT2D eigenvalue weighted by Gasteiger charge is 2.19. The Morgan fingerprint density at radius 3 is 2.75 bits per heavy atom. The number of halogens is 1. The van der Waals surface area contributed by atoms with Gasteiger partial charge in [-0.25, -0.2) is 0 Å². The van der Waals surface area contributed by atoms with Gasteiger partial charge in [-0.05, 0) is 25.0 Å². The molecule has 0 aliphatic rings. The monoisotopic (exact) mass is 241 g/mol. The van der Waals surface area contributed by atoms with Crippen LogP contribution in [0.5, 0.6) is 0 Å². The van der Waals surface area contributed by atoms with E-state index >= 15 is 0 Å². The number of esters is 1. The molecule has 1 aromatic rings. The number of rotatable bonds is 5. The molecule has 0 unspecified atom stereocenters. The minimum absolute atomic E-state index is 0.259. The van der Waals surface area contributed by atoms with Crippen LogP contribution in [-0.2, 0) is 16.0 Å². The minimum Gasteiger partial charge on any atom is -0.466 e. The molecule has 0 fully saturated rings. The van der Waals surface area contributed by atoms with Gasteiger partial charge in [-0.3, -0.25) is 4.79 Å². The lowest BCUT2D eigenvalue weighted by atomic mass is 9.99. The zero-order valence-corrected chi connectivity index (χ0v) is 10.0. The van der Waals surface area contributed by atoms with Crippen molar-refractivity contribution in [2.45, 2.75) is 13.3 Å². The smallest absolute Gasteiger partial charge is 0.310 e. The van der Waals surface area contributed by atoms with Crippen molar-refractivity contribution in [2.24, 2.45) is 11.7 Å². The van der Waals surface area contributed by atoms with Crippen LogP contribution in [0.1, 0.15) is 12.5 Å². The van der Waals surface area contributed by atoms with Crippen LogP contribution < -0.4 is 5.73 Å². The summed E-state index contributed by atoms with van der Waals surface area (Å²) in [7, 11) is 0. The average molecular weight is 242 g/mol. The number of carbonyl (C=O) groups is 1. The van der Waals surface area contributed by atoms with Gasteiger partial charge in [-0.1, -0.05) is 29.8 Å². The van der Waals surface area contributed by atoms with Gasteiger partial charge in [0.1, 0.15) is 0 Å². The normalized spacial score (nSPS) is 12.2. The first-order chi connectivity index (χ1) is 7.69. The number of hydrogen-bond donors (Lipinski definition) is 1. The maximum Gasteiger partial charge on any atom is 0.310 e. The van der Waals surface area contributed by atoms with E-state index in [4.69, 9.17) is 22.1 Å². The van der Waals surface area contributed by atoms with E-state index in [0.717, 1.165) is 5.56 Å². The molecule has 1 atom stereocenters. The standard InChI is InChI=1S/C12H16ClNO2/c1-2-16-12(15)10(8-14)7-9-5-3-4-6-11(9)13/h3-6,10H,2,7-8,14H2,1H3/t10-/m1/s1. The fourth-order valence-corrected chi connectivity index (χ4v) is 1.67. The van der Waals surface area contributed by atoms with Gasteiger partial charge in [0.25, 0.3) is 0 Å². The number of benzene rings is 1. The van der Waals surface area contributed by atoms with Crippen LogP contribution in [-0.4, -0.2) is 19.1 Å². The van der Waals surface area contributed by atoms with Gasteiger partial charge in [0.05, 0.1) is 12.5 Å². The SMILES string of the molecule is CCOC(=O)[C@@H](CN)Cc1ccccc1Cl. The molecule has 3 nitrogen and oxygen atoms in total. The van der Waals surface area contributed by atoms with Gasteiger partial charge < -0.3 is 10.5 Å². The van der Waals surface area contributed by atoms with Crippen molar-refractivity contribution in [3.8, 4) is 0 Å². The predicted molar refractivity (Wildman–Crippen MR) is 64.3 cm³/mol. The van der Waals surface area contributed by atoms with E-state index < -0.39 is 0 Å². The molecule has 0 saturated heterocycles. The van der Waals surface area contributed by atoms with Crippen LogP contribution in [0.3, 0.4) is 0 Å². The van der Waals surface area contributed by atoms with E-state index in [0.29, 0.717) is 18.1 Å². The second kappa shape index (κ2) is 6.51. The molecule has 0 aliphatic heterocycles. The summed E-state index contributed by atoms with van der Waals surface area (Å²) in [5.41, 5.74) is 6.48. The Bertz CT molecular complexity index is 355. The molecule has 16 heavy (non-hydrogen) atoms. The van der Waals surface area contributed by atoms with Crippen LogP contribution >= 0.6 is 11.6 Å². The fourth-order valence-electron chi connectivity index (χ4n) is 1.45. The van der Waals surface area contributed by atoms with Crippen LogP contribution in [0.25, 0.3) is 0 Å². The van der Waals surface area contributed by atoms with Crippen molar-refractivity contribution in [1.82, 2.24) is 0 Å². The van der Waals surface area contributed by atoms with Gasteiger partial charge in [-0.15, -0.1) is 0 Å². The summed E-state index contributed by atoms with van der Waals surface area (Å²) < 4.78 is 4.94. The topological polar surface area (TPSA) is 52.3 Å². The molecule has 0 radical (unpaired) electrons. The Morgan fingerprint density at radius 2 is 2.19 bits per heavy atom. The van der Waals surface area contributed by atoms with E-state index in [1.165, 1.54) is 0 Å². The van der Waals surface area contributed by atoms with Crippen LogP contribution in [0.15, 0.2) is 24.3 Å². The van der Waals surface area contributed by atoms with E-state index in [-0.39, 0.29) is 18.4 Å². The number of carbonyl (C=O) groups excluding carboxylic acids is 1. The van der Waals surface area contributed by atoms with Crippen molar-refractivity contribution < 1.29 is 9.53 Å². The highest BCUT2D eigenvalue weighted by Crippen LogP contribution is 2.19. The Labute approximate surface area is 101 Å². The van der Waals surface area contributed by atoms with Crippen molar-refractivity contribution in [3.63, 3.8) is 0 Å². The molecule has 1 rings (SSSR count). The molecule has 0 heterocycles. The van der Waals surface area contributed by atoms with Crippen LogP contribution in [0, 0.1) is 5.92 Å². The lowest BCUT2D eigenvalue weighted by Gasteiger charge is -2.14. The summed E-state index contributed by atoms with van der Waals surface area (Å²) in [5.74, 6) is -0.579. The van der Waals surface area contributed by atoms with E-state index in [9.17, 15) is 4.79 Å². The summed E-state index contributed by atoms with van der Waals surface area (Å²) in [4.78, 5) is 11.5. The second-order valence-corrected chi connectivity index (χ2v) is 3.89. The van der Waals surface area contributed by atoms with E-state index in [1.54, 1.807) is 13.0 Å². The maximum absolute atomic E-state index is 11.5. The lowest BCUT2D eigenvalue weighted by molar-refractivity contribution is -0.147. The molecule has 2 N–H and O–H groups in total. The third kappa shape index (κ3) is 3.51. The molecule has 0 spiro atoms. The highest BCUT2D eigenvalue weighted by atomic mass is 35.5. The molecule has 0 aliphatic carbocycles. The number of hydrogen-bond acceptors (Lipinski definition) is 3. The summed E-state index contributed by atoms with van der Waals surface area (Å²) in [6, 6.07) is 7.44. The molecule has 1 aromatic carbocycles. The Balaban J connectivity index is 2.70. The van der Waals surface area contributed by atoms with Gasteiger partial charge in [0.15, 0.2) is 0 Å². The zero-order valence-electron chi connectivity index (χ0n) is 9.28. The van der Waals surface area contributed by atoms with Gasteiger partial charge in [-0.2, -0.15) is 0 Å². The number of ether oxygens (including phenoxy) is 1. The van der Waals surface area contributed by atoms with Crippen LogP contribution in [0.2, 0.25) is 5.02 Å². The first-order valence-corrected chi connectivity index (χ1v) is 5.67. The summed E-state index contributed by atoms with van der Waals surface area (Å²) in [6.45, 7) is 2.42. The fraction of sp³-hybridized carbons (Fsp3) is 0.417. The molecular weight excluding hydrogens is 226 g/mol. The average Bonchev–Trinajstić information content (AvgIpc) is 2.28. The van der Waals surface area contributed by atoms with E-state index in [1.807, 2.05) is 18.2 Å². The first kappa shape index (κ1) is 13.0. The molecular formula is C12H16ClNO2. The minimum atomic E-state index is -0.320. The summed E-state index contributed by atoms with van der Waals surface area (Å²) in [6.07, 6.45) is 0.523. The molecule has 0 bridgehead atoms. The maximum atomic E-state index is 11.5. The van der Waals surface area contributed by atoms with E-state index in [2.05, 4.69) is 0 Å². The lowest BCUT2D eigenvalue weighted by Crippen LogP contribution is -2.27. The second-order valence-electron chi connectivity index (χ2n) is 3.48. The molecule has 0 saturated carbocycles. The first-order valence-electron chi connectivity index (χ1n) is 5.29. The zero-order chi connectivity index (χ0) is 12.0. The Morgan fingerprint density at radius 1 is 1.50 bits per heavy atom. The third-order valence-electron chi connectivity index (χ3n) is 2.33. The van der Waals surface area contributed by atoms with Crippen molar-refractivity contribution >= 4 is 17.6 Å². The van der Waals surface area contributed by atoms with Gasteiger partial charge in [0, 0.05) is 11.6 Å². The Hall–Kier alpha value is -1.06. The molecule has 88 valence electrons. The van der Waals surface area contributed by atoms with Crippen molar-refractivity contribution in [1.29, 1.82) is 0 Å². The molecule has 4 heteroatoms. The summed E-state index contributed by atoms with van der Waals surface area (Å²) >= 11 is 6.01. The highest BCUT2D eigenvalue weighted by molar-refractivity contribution is 6.31. The molecule has 0 amide bonds. The summed E-state index contributed by atoms with van der Waals surface area (Å²) in [5, 5.41) is 0.658. The predicted octanol–water partition coefficient (Wildman–Crippen LogP) is 2.02. The third-order valence-corrected chi connectivity index (χ3v) is 2.70. The molecule has 0 aromatic heterocycles. The van der Waals surface area contributed by atoms with Crippen molar-refractivity contribution in [3.05, 3.63) is 34.9 Å². The Kier molecular flexibility index (Phi) is 5.29. The van der Waals surface area contributed by atoms with Crippen molar-refractivity contribution in [2.75, 3.05) is 13.2 Å². The largest absolute Gasteiger partial charge is 0.466 e. The van der Waals surface area contributed by atoms with Crippen LogP contribution in [0.4, 0.5) is 0 Å². The van der Waals surface area contributed by atoms with Gasteiger partial charge in [0.2, 0.25) is 0 Å². The number of nitrogens with two attached hydrogens (primary N) is 1.